The van der Waals surface area contributed by atoms with Gasteiger partial charge in [0.15, 0.2) is 0 Å². The average molecular weight is 323 g/mol. The zero-order chi connectivity index (χ0) is 16.9. The molecule has 24 heavy (non-hydrogen) atoms. The van der Waals surface area contributed by atoms with Crippen LogP contribution in [-0.4, -0.2) is 0 Å². The molecule has 8 aliphatic rings. The Bertz CT molecular complexity index is 760. The van der Waals surface area contributed by atoms with Crippen LogP contribution in [0.15, 0.2) is 0 Å². The highest BCUT2D eigenvalue weighted by molar-refractivity contribution is 5.67. The summed E-state index contributed by atoms with van der Waals surface area (Å²) in [5, 5.41) is 0. The molecule has 0 nitrogen and oxygen atoms in total. The van der Waals surface area contributed by atoms with Crippen molar-refractivity contribution in [1.29, 1.82) is 0 Å². The number of hydrogen-bond donors (Lipinski definition) is 0. The molecular weight excluding hydrogens is 288 g/mol. The summed E-state index contributed by atoms with van der Waals surface area (Å²) >= 11 is 0. The van der Waals surface area contributed by atoms with Crippen molar-refractivity contribution < 1.29 is 0 Å². The van der Waals surface area contributed by atoms with Gasteiger partial charge in [-0.05, 0) is 91.7 Å². The first-order valence-corrected chi connectivity index (χ1v) is 11.0. The number of fused-ring (bicyclic) bond motifs is 4. The molecule has 0 amide bonds. The lowest BCUT2D eigenvalue weighted by molar-refractivity contribution is -0.710. The van der Waals surface area contributed by atoms with E-state index >= 15 is 0 Å². The topological polar surface area (TPSA) is 0 Å². The summed E-state index contributed by atoms with van der Waals surface area (Å²) < 4.78 is 0. The van der Waals surface area contributed by atoms with Gasteiger partial charge in [0.05, 0.1) is 0 Å². The van der Waals surface area contributed by atoms with Crippen molar-refractivity contribution in [2.45, 2.75) is 68.2 Å². The smallest absolute Gasteiger partial charge is 0.00688 e. The Kier molecular flexibility index (Phi) is 1.33. The van der Waals surface area contributed by atoms with Crippen LogP contribution in [0.5, 0.6) is 0 Å². The lowest BCUT2D eigenvalue weighted by Crippen LogP contribution is -3.14. The minimum absolute atomic E-state index is 0.627. The summed E-state index contributed by atoms with van der Waals surface area (Å²) in [6, 6.07) is 0. The van der Waals surface area contributed by atoms with Crippen LogP contribution >= 0.6 is 0 Å². The second-order valence-electron chi connectivity index (χ2n) is 13.2. The Morgan fingerprint density at radius 1 is 0.500 bits per heavy atom. The SMILES string of the molecule is CC1C2CC3C4CC5C(C)C6(C)C5(C)C45C6(C)C4(C)C1(C)C2(C)C345. The van der Waals surface area contributed by atoms with Crippen LogP contribution in [0.25, 0.3) is 0 Å². The molecular formula is C24H34. The summed E-state index contributed by atoms with van der Waals surface area (Å²) in [6.45, 7) is 22.0. The molecule has 0 N–H and O–H groups in total. The highest BCUT2D eigenvalue weighted by atomic mass is 15.2. The third-order valence-corrected chi connectivity index (χ3v) is 16.2. The molecule has 0 aromatic rings. The zero-order valence-corrected chi connectivity index (χ0v) is 16.9. The van der Waals surface area contributed by atoms with Gasteiger partial charge >= 0.3 is 0 Å². The maximum atomic E-state index is 2.82. The molecule has 8 aliphatic carbocycles. The van der Waals surface area contributed by atoms with Gasteiger partial charge in [-0.3, -0.25) is 0 Å². The van der Waals surface area contributed by atoms with Crippen molar-refractivity contribution in [1.82, 2.24) is 0 Å². The zero-order valence-electron chi connectivity index (χ0n) is 16.9. The van der Waals surface area contributed by atoms with E-state index < -0.39 is 0 Å². The fraction of sp³-hybridized carbons (Fsp3) is 1.00. The molecule has 0 heterocycles. The average Bonchev–Trinajstić information content (AvgIpc) is 2.87. The van der Waals surface area contributed by atoms with Crippen LogP contribution in [0.4, 0.5) is 0 Å². The largest absolute Gasteiger partial charge is 0.0617 e. The second kappa shape index (κ2) is 2.41. The van der Waals surface area contributed by atoms with Gasteiger partial charge in [-0.15, -0.1) is 0 Å². The van der Waals surface area contributed by atoms with Crippen LogP contribution in [0.1, 0.15) is 68.2 Å². The van der Waals surface area contributed by atoms with E-state index in [1.807, 2.05) is 0 Å². The van der Waals surface area contributed by atoms with Crippen molar-refractivity contribution in [2.24, 2.45) is 78.8 Å². The van der Waals surface area contributed by atoms with E-state index in [1.165, 1.54) is 0 Å². The van der Waals surface area contributed by atoms with E-state index in [0.717, 1.165) is 46.3 Å². The van der Waals surface area contributed by atoms with E-state index in [0.29, 0.717) is 32.5 Å². The van der Waals surface area contributed by atoms with Gasteiger partial charge in [0, 0.05) is 0 Å². The highest BCUT2D eigenvalue weighted by Crippen LogP contribution is 3.25. The van der Waals surface area contributed by atoms with Crippen LogP contribution < -0.4 is 0 Å². The van der Waals surface area contributed by atoms with Crippen LogP contribution in [0.3, 0.4) is 0 Å². The minimum Gasteiger partial charge on any atom is -0.0617 e. The van der Waals surface area contributed by atoms with E-state index in [9.17, 15) is 0 Å². The summed E-state index contributed by atoms with van der Waals surface area (Å²) in [5.41, 5.74) is 5.45. The van der Waals surface area contributed by atoms with Crippen LogP contribution in [0.2, 0.25) is 0 Å². The second-order valence-corrected chi connectivity index (χ2v) is 13.2. The minimum atomic E-state index is 0.627. The Hall–Kier alpha value is 0. The molecule has 8 saturated carbocycles. The van der Waals surface area contributed by atoms with Gasteiger partial charge in [-0.25, -0.2) is 0 Å². The Balaban J connectivity index is 1.53. The fourth-order valence-electron chi connectivity index (χ4n) is 16.5. The Labute approximate surface area is 147 Å². The van der Waals surface area contributed by atoms with Gasteiger partial charge in [0.25, 0.3) is 0 Å². The molecule has 0 aromatic carbocycles. The lowest BCUT2D eigenvalue weighted by Gasteiger charge is -3.16. The van der Waals surface area contributed by atoms with E-state index in [1.54, 1.807) is 12.8 Å². The highest BCUT2D eigenvalue weighted by Gasteiger charge is 3.22. The third-order valence-electron chi connectivity index (χ3n) is 16.2. The van der Waals surface area contributed by atoms with Crippen molar-refractivity contribution in [3.63, 3.8) is 0 Å². The Morgan fingerprint density at radius 3 is 1.17 bits per heavy atom. The van der Waals surface area contributed by atoms with Gasteiger partial charge in [0.2, 0.25) is 0 Å². The van der Waals surface area contributed by atoms with E-state index in [4.69, 9.17) is 0 Å². The number of rotatable bonds is 0. The molecule has 8 rings (SSSR count). The number of hydrogen-bond acceptors (Lipinski definition) is 0. The quantitative estimate of drug-likeness (QED) is 0.543. The maximum absolute atomic E-state index is 2.82. The molecule has 0 heteroatoms. The third kappa shape index (κ3) is 0.455. The summed E-state index contributed by atoms with van der Waals surface area (Å²) in [7, 11) is 0. The molecule has 0 bridgehead atoms. The predicted octanol–water partition coefficient (Wildman–Crippen LogP) is 5.62. The first-order valence-electron chi connectivity index (χ1n) is 11.0. The van der Waals surface area contributed by atoms with Gasteiger partial charge in [-0.1, -0.05) is 55.4 Å². The van der Waals surface area contributed by atoms with Crippen molar-refractivity contribution in [3.05, 3.63) is 0 Å². The Morgan fingerprint density at radius 2 is 0.833 bits per heavy atom. The molecule has 14 unspecified atom stereocenters. The maximum Gasteiger partial charge on any atom is -0.00688 e. The summed E-state index contributed by atoms with van der Waals surface area (Å²) in [4.78, 5) is 0. The van der Waals surface area contributed by atoms with Crippen molar-refractivity contribution in [2.75, 3.05) is 0 Å². The van der Waals surface area contributed by atoms with Crippen LogP contribution in [-0.2, 0) is 0 Å². The van der Waals surface area contributed by atoms with E-state index in [2.05, 4.69) is 55.4 Å². The normalized spacial score (nSPS) is 94.0. The van der Waals surface area contributed by atoms with E-state index in [-0.39, 0.29) is 0 Å². The molecule has 14 atom stereocenters. The lowest BCUT2D eigenvalue weighted by atomic mass is 8.86. The van der Waals surface area contributed by atoms with Crippen molar-refractivity contribution in [3.8, 4) is 0 Å². The standard InChI is InChI=1S/C24H34/c1-11-13-9-15-16-10-14-12(2)18(4)20(14,6)24(16)22(18,8)21(7)17(11,3)19(13,5)23(15,21)24/h11-16H,9-10H2,1-8H3. The van der Waals surface area contributed by atoms with Crippen molar-refractivity contribution >= 4 is 0 Å². The molecule has 0 saturated heterocycles. The monoisotopic (exact) mass is 322 g/mol. The molecule has 0 aliphatic heterocycles. The molecule has 0 radical (unpaired) electrons. The van der Waals surface area contributed by atoms with Gasteiger partial charge in [-0.2, -0.15) is 0 Å². The van der Waals surface area contributed by atoms with Gasteiger partial charge < -0.3 is 0 Å². The fourth-order valence-corrected chi connectivity index (χ4v) is 16.5. The first-order chi connectivity index (χ1) is 11.0. The molecule has 130 valence electrons. The first kappa shape index (κ1) is 13.2. The molecule has 2 spiro atoms. The van der Waals surface area contributed by atoms with Crippen LogP contribution in [0, 0.1) is 78.8 Å². The predicted molar refractivity (Wildman–Crippen MR) is 95.0 cm³/mol. The molecule has 8 fully saturated rings. The summed E-state index contributed by atoms with van der Waals surface area (Å²) in [5.74, 6) is 6.30. The molecule has 0 aromatic heterocycles. The van der Waals surface area contributed by atoms with Gasteiger partial charge in [0.1, 0.15) is 0 Å². The summed E-state index contributed by atoms with van der Waals surface area (Å²) in [6.07, 6.45) is 3.22.